The van der Waals surface area contributed by atoms with Crippen LogP contribution < -0.4 is 5.32 Å². The van der Waals surface area contributed by atoms with E-state index in [1.54, 1.807) is 0 Å². The highest BCUT2D eigenvalue weighted by Gasteiger charge is 2.27. The molecule has 0 bridgehead atoms. The quantitative estimate of drug-likeness (QED) is 0.768. The molecule has 0 radical (unpaired) electrons. The van der Waals surface area contributed by atoms with Crippen molar-refractivity contribution in [2.24, 2.45) is 5.92 Å². The molecule has 3 nitrogen and oxygen atoms in total. The largest absolute Gasteiger partial charge is 0.341 e. The van der Waals surface area contributed by atoms with Crippen LogP contribution in [0.3, 0.4) is 0 Å². The van der Waals surface area contributed by atoms with Gasteiger partial charge in [0.2, 0.25) is 5.91 Å². The van der Waals surface area contributed by atoms with Crippen molar-refractivity contribution in [3.8, 4) is 0 Å². The van der Waals surface area contributed by atoms with Crippen LogP contribution in [0.15, 0.2) is 0 Å². The maximum atomic E-state index is 11.6. The zero-order valence-electron chi connectivity index (χ0n) is 10.5. The van der Waals surface area contributed by atoms with Crippen molar-refractivity contribution in [2.45, 2.75) is 46.1 Å². The Morgan fingerprint density at radius 3 is 2.60 bits per heavy atom. The molecule has 3 heteroatoms. The van der Waals surface area contributed by atoms with Crippen molar-refractivity contribution in [2.75, 3.05) is 19.6 Å². The van der Waals surface area contributed by atoms with Crippen molar-refractivity contribution in [3.63, 3.8) is 0 Å². The Kier molecular flexibility index (Phi) is 4.14. The zero-order chi connectivity index (χ0) is 11.5. The van der Waals surface area contributed by atoms with E-state index in [0.717, 1.165) is 32.5 Å². The summed E-state index contributed by atoms with van der Waals surface area (Å²) in [5, 5.41) is 3.41. The number of rotatable bonds is 4. The first-order valence-electron chi connectivity index (χ1n) is 5.95. The zero-order valence-corrected chi connectivity index (χ0v) is 10.5. The van der Waals surface area contributed by atoms with Gasteiger partial charge >= 0.3 is 0 Å². The second kappa shape index (κ2) is 4.97. The van der Waals surface area contributed by atoms with Crippen molar-refractivity contribution >= 4 is 5.91 Å². The van der Waals surface area contributed by atoms with Crippen LogP contribution in [0.5, 0.6) is 0 Å². The molecule has 1 amide bonds. The molecule has 88 valence electrons. The summed E-state index contributed by atoms with van der Waals surface area (Å²) >= 11 is 0. The average Bonchev–Trinajstić information content (AvgIpc) is 2.45. The summed E-state index contributed by atoms with van der Waals surface area (Å²) in [4.78, 5) is 13.6. The number of hydrogen-bond acceptors (Lipinski definition) is 2. The van der Waals surface area contributed by atoms with Gasteiger partial charge < -0.3 is 10.2 Å². The molecule has 1 atom stereocenters. The number of carbonyl (C=O) groups excluding carboxylic acids is 1. The molecular formula is C12H24N2O. The first-order chi connectivity index (χ1) is 6.92. The van der Waals surface area contributed by atoms with Gasteiger partial charge in [0.15, 0.2) is 0 Å². The molecule has 1 fully saturated rings. The van der Waals surface area contributed by atoms with Crippen LogP contribution in [0.4, 0.5) is 0 Å². The van der Waals surface area contributed by atoms with Gasteiger partial charge in [-0.3, -0.25) is 4.79 Å². The molecule has 1 aliphatic heterocycles. The highest BCUT2D eigenvalue weighted by atomic mass is 16.2. The predicted molar refractivity (Wildman–Crippen MR) is 62.7 cm³/mol. The van der Waals surface area contributed by atoms with Crippen molar-refractivity contribution in [1.82, 2.24) is 10.2 Å². The number of hydrogen-bond donors (Lipinski definition) is 1. The highest BCUT2D eigenvalue weighted by Crippen LogP contribution is 2.19. The van der Waals surface area contributed by atoms with Crippen LogP contribution in [0.2, 0.25) is 0 Å². The second-order valence-electron chi connectivity index (χ2n) is 5.49. The molecule has 1 unspecified atom stereocenters. The minimum Gasteiger partial charge on any atom is -0.341 e. The smallest absolute Gasteiger partial charge is 0.222 e. The minimum atomic E-state index is 0.146. The summed E-state index contributed by atoms with van der Waals surface area (Å²) in [6, 6.07) is 0. The topological polar surface area (TPSA) is 32.3 Å². The lowest BCUT2D eigenvalue weighted by molar-refractivity contribution is -0.127. The van der Waals surface area contributed by atoms with Gasteiger partial charge in [-0.05, 0) is 26.7 Å². The van der Waals surface area contributed by atoms with Gasteiger partial charge in [-0.25, -0.2) is 0 Å². The summed E-state index contributed by atoms with van der Waals surface area (Å²) in [6.45, 7) is 11.3. The molecule has 15 heavy (non-hydrogen) atoms. The van der Waals surface area contributed by atoms with Gasteiger partial charge in [0.05, 0.1) is 0 Å². The van der Waals surface area contributed by atoms with Crippen LogP contribution in [0.25, 0.3) is 0 Å². The highest BCUT2D eigenvalue weighted by molar-refractivity contribution is 5.78. The van der Waals surface area contributed by atoms with E-state index in [-0.39, 0.29) is 5.54 Å². The normalized spacial score (nSPS) is 22.5. The van der Waals surface area contributed by atoms with E-state index in [1.165, 1.54) is 0 Å². The summed E-state index contributed by atoms with van der Waals surface area (Å²) < 4.78 is 0. The Labute approximate surface area is 93.2 Å². The van der Waals surface area contributed by atoms with Gasteiger partial charge in [-0.1, -0.05) is 13.3 Å². The average molecular weight is 212 g/mol. The van der Waals surface area contributed by atoms with Crippen molar-refractivity contribution in [3.05, 3.63) is 0 Å². The molecule has 1 aliphatic rings. The molecular weight excluding hydrogens is 188 g/mol. The van der Waals surface area contributed by atoms with E-state index < -0.39 is 0 Å². The Hall–Kier alpha value is -0.570. The van der Waals surface area contributed by atoms with Gasteiger partial charge in [0.25, 0.3) is 0 Å². The van der Waals surface area contributed by atoms with E-state index in [2.05, 4.69) is 33.0 Å². The fourth-order valence-electron chi connectivity index (χ4n) is 1.91. The Morgan fingerprint density at radius 1 is 1.47 bits per heavy atom. The summed E-state index contributed by atoms with van der Waals surface area (Å²) in [6.07, 6.45) is 1.88. The molecule has 0 saturated carbocycles. The summed E-state index contributed by atoms with van der Waals surface area (Å²) in [5.41, 5.74) is 0.146. The SMILES string of the molecule is CCC1CC(=O)N(CCNC(C)(C)C)C1. The van der Waals surface area contributed by atoms with E-state index >= 15 is 0 Å². The Bertz CT molecular complexity index is 220. The standard InChI is InChI=1S/C12H24N2O/c1-5-10-8-11(15)14(9-10)7-6-13-12(2,3)4/h10,13H,5-9H2,1-4H3. The van der Waals surface area contributed by atoms with Crippen LogP contribution in [-0.2, 0) is 4.79 Å². The summed E-state index contributed by atoms with van der Waals surface area (Å²) in [5.74, 6) is 0.921. The molecule has 0 aliphatic carbocycles. The van der Waals surface area contributed by atoms with E-state index in [0.29, 0.717) is 11.8 Å². The first kappa shape index (κ1) is 12.5. The third kappa shape index (κ3) is 4.20. The predicted octanol–water partition coefficient (Wildman–Crippen LogP) is 1.63. The van der Waals surface area contributed by atoms with E-state index in [9.17, 15) is 4.79 Å². The lowest BCUT2D eigenvalue weighted by atomic mass is 10.1. The molecule has 0 aromatic carbocycles. The third-order valence-corrected chi connectivity index (χ3v) is 2.91. The van der Waals surface area contributed by atoms with Gasteiger partial charge in [-0.2, -0.15) is 0 Å². The number of amides is 1. The van der Waals surface area contributed by atoms with Gasteiger partial charge in [-0.15, -0.1) is 0 Å². The molecule has 1 N–H and O–H groups in total. The van der Waals surface area contributed by atoms with Crippen molar-refractivity contribution < 1.29 is 4.79 Å². The van der Waals surface area contributed by atoms with E-state index in [4.69, 9.17) is 0 Å². The van der Waals surface area contributed by atoms with Crippen molar-refractivity contribution in [1.29, 1.82) is 0 Å². The Morgan fingerprint density at radius 2 is 2.13 bits per heavy atom. The summed E-state index contributed by atoms with van der Waals surface area (Å²) in [7, 11) is 0. The maximum Gasteiger partial charge on any atom is 0.222 e. The number of nitrogens with zero attached hydrogens (tertiary/aromatic N) is 1. The first-order valence-corrected chi connectivity index (χ1v) is 5.95. The van der Waals surface area contributed by atoms with Crippen LogP contribution >= 0.6 is 0 Å². The Balaban J connectivity index is 2.25. The maximum absolute atomic E-state index is 11.6. The monoisotopic (exact) mass is 212 g/mol. The molecule has 1 saturated heterocycles. The fraction of sp³-hybridized carbons (Fsp3) is 0.917. The number of nitrogens with one attached hydrogen (secondary N) is 1. The number of likely N-dealkylation sites (tertiary alicyclic amines) is 1. The van der Waals surface area contributed by atoms with E-state index in [1.807, 2.05) is 4.90 Å². The van der Waals surface area contributed by atoms with Gasteiger partial charge in [0, 0.05) is 31.6 Å². The molecule has 0 spiro atoms. The lowest BCUT2D eigenvalue weighted by Gasteiger charge is -2.23. The molecule has 1 heterocycles. The third-order valence-electron chi connectivity index (χ3n) is 2.91. The molecule has 0 aromatic heterocycles. The van der Waals surface area contributed by atoms with Crippen LogP contribution in [0.1, 0.15) is 40.5 Å². The lowest BCUT2D eigenvalue weighted by Crippen LogP contribution is -2.41. The van der Waals surface area contributed by atoms with Crippen LogP contribution in [0, 0.1) is 5.92 Å². The van der Waals surface area contributed by atoms with Crippen LogP contribution in [-0.4, -0.2) is 36.0 Å². The van der Waals surface area contributed by atoms with Gasteiger partial charge in [0.1, 0.15) is 0 Å². The number of carbonyl (C=O) groups is 1. The minimum absolute atomic E-state index is 0.146. The molecule has 0 aromatic rings. The second-order valence-corrected chi connectivity index (χ2v) is 5.49. The fourth-order valence-corrected chi connectivity index (χ4v) is 1.91. The molecule has 1 rings (SSSR count).